The number of nitrogens with one attached hydrogen (secondary N) is 1. The van der Waals surface area contributed by atoms with Crippen molar-refractivity contribution in [2.24, 2.45) is 11.7 Å². The predicted molar refractivity (Wildman–Crippen MR) is 85.1 cm³/mol. The Kier molecular flexibility index (Phi) is 7.03. The van der Waals surface area contributed by atoms with E-state index in [0.717, 1.165) is 38.6 Å². The van der Waals surface area contributed by atoms with Gasteiger partial charge in [0, 0.05) is 18.5 Å². The molecule has 2 rings (SSSR count). The molecule has 2 unspecified atom stereocenters. The summed E-state index contributed by atoms with van der Waals surface area (Å²) in [7, 11) is 0. The molecule has 0 radical (unpaired) electrons. The molecule has 0 heterocycles. The van der Waals surface area contributed by atoms with Gasteiger partial charge in [-0.1, -0.05) is 30.7 Å². The molecule has 112 valence electrons. The standard InChI is InChI=1S/C16H24N2O.ClH/c1-12-5-2-3-6-13(12)9-10-18-16(19)14-7-4-8-15(17)11-14;/h2-3,5-6,14-15H,4,7-11,17H2,1H3,(H,18,19);1H. The van der Waals surface area contributed by atoms with E-state index in [1.807, 2.05) is 12.1 Å². The Bertz CT molecular complexity index is 436. The number of carbonyl (C=O) groups excluding carboxylic acids is 1. The maximum Gasteiger partial charge on any atom is 0.223 e. The molecule has 3 N–H and O–H groups in total. The fraction of sp³-hybridized carbons (Fsp3) is 0.562. The average molecular weight is 297 g/mol. The molecule has 4 heteroatoms. The molecule has 1 aliphatic rings. The van der Waals surface area contributed by atoms with Crippen molar-refractivity contribution in [2.45, 2.75) is 45.1 Å². The molecule has 1 saturated carbocycles. The fourth-order valence-corrected chi connectivity index (χ4v) is 2.82. The lowest BCUT2D eigenvalue weighted by molar-refractivity contribution is -0.126. The number of benzene rings is 1. The summed E-state index contributed by atoms with van der Waals surface area (Å²) < 4.78 is 0. The summed E-state index contributed by atoms with van der Waals surface area (Å²) in [5.74, 6) is 0.310. The third-order valence-corrected chi connectivity index (χ3v) is 4.04. The number of carbonyl (C=O) groups is 1. The van der Waals surface area contributed by atoms with Crippen LogP contribution in [0.3, 0.4) is 0 Å². The van der Waals surface area contributed by atoms with Crippen LogP contribution in [0.2, 0.25) is 0 Å². The second-order valence-corrected chi connectivity index (χ2v) is 5.59. The molecule has 1 fully saturated rings. The first-order valence-electron chi connectivity index (χ1n) is 7.24. The summed E-state index contributed by atoms with van der Waals surface area (Å²) in [4.78, 5) is 12.1. The Morgan fingerprint density at radius 1 is 1.35 bits per heavy atom. The lowest BCUT2D eigenvalue weighted by atomic mass is 9.85. The van der Waals surface area contributed by atoms with E-state index in [-0.39, 0.29) is 30.3 Å². The van der Waals surface area contributed by atoms with Crippen molar-refractivity contribution in [3.05, 3.63) is 35.4 Å². The quantitative estimate of drug-likeness (QED) is 0.897. The van der Waals surface area contributed by atoms with Gasteiger partial charge in [-0.3, -0.25) is 4.79 Å². The van der Waals surface area contributed by atoms with Crippen LogP contribution >= 0.6 is 12.4 Å². The second-order valence-electron chi connectivity index (χ2n) is 5.59. The second kappa shape index (κ2) is 8.28. The van der Waals surface area contributed by atoms with Gasteiger partial charge in [0.1, 0.15) is 0 Å². The summed E-state index contributed by atoms with van der Waals surface area (Å²) in [6, 6.07) is 8.53. The van der Waals surface area contributed by atoms with Crippen LogP contribution in [-0.4, -0.2) is 18.5 Å². The van der Waals surface area contributed by atoms with Gasteiger partial charge in [0.15, 0.2) is 0 Å². The SMILES string of the molecule is Cc1ccccc1CCNC(=O)C1CCCC(N)C1.Cl. The van der Waals surface area contributed by atoms with Crippen LogP contribution in [0.4, 0.5) is 0 Å². The van der Waals surface area contributed by atoms with E-state index in [9.17, 15) is 4.79 Å². The van der Waals surface area contributed by atoms with Crippen molar-refractivity contribution in [2.75, 3.05) is 6.54 Å². The number of aryl methyl sites for hydroxylation is 1. The smallest absolute Gasteiger partial charge is 0.223 e. The highest BCUT2D eigenvalue weighted by molar-refractivity contribution is 5.85. The molecule has 0 aromatic heterocycles. The van der Waals surface area contributed by atoms with E-state index in [1.54, 1.807) is 0 Å². The maximum atomic E-state index is 12.1. The predicted octanol–water partition coefficient (Wildman–Crippen LogP) is 2.59. The molecule has 3 nitrogen and oxygen atoms in total. The van der Waals surface area contributed by atoms with Gasteiger partial charge in [-0.05, 0) is 43.7 Å². The van der Waals surface area contributed by atoms with Crippen molar-refractivity contribution >= 4 is 18.3 Å². The molecular weight excluding hydrogens is 272 g/mol. The Balaban J connectivity index is 0.00000200. The van der Waals surface area contributed by atoms with E-state index < -0.39 is 0 Å². The summed E-state index contributed by atoms with van der Waals surface area (Å²) in [6.07, 6.45) is 4.88. The lowest BCUT2D eigenvalue weighted by Gasteiger charge is -2.25. The first-order chi connectivity index (χ1) is 9.16. The minimum atomic E-state index is 0. The lowest BCUT2D eigenvalue weighted by Crippen LogP contribution is -2.38. The molecule has 1 aromatic rings. The Labute approximate surface area is 127 Å². The number of rotatable bonds is 4. The van der Waals surface area contributed by atoms with Crippen LogP contribution in [0.25, 0.3) is 0 Å². The Morgan fingerprint density at radius 2 is 2.10 bits per heavy atom. The van der Waals surface area contributed by atoms with E-state index in [0.29, 0.717) is 0 Å². The number of hydrogen-bond acceptors (Lipinski definition) is 2. The molecule has 0 saturated heterocycles. The summed E-state index contributed by atoms with van der Waals surface area (Å²) in [5, 5.41) is 3.05. The minimum absolute atomic E-state index is 0. The highest BCUT2D eigenvalue weighted by Crippen LogP contribution is 2.23. The van der Waals surface area contributed by atoms with Crippen molar-refractivity contribution in [3.63, 3.8) is 0 Å². The first-order valence-corrected chi connectivity index (χ1v) is 7.24. The topological polar surface area (TPSA) is 55.1 Å². The highest BCUT2D eigenvalue weighted by atomic mass is 35.5. The number of hydrogen-bond donors (Lipinski definition) is 2. The molecule has 1 aromatic carbocycles. The third kappa shape index (κ3) is 4.80. The normalized spacial score (nSPS) is 21.9. The first kappa shape index (κ1) is 17.0. The number of halogens is 1. The van der Waals surface area contributed by atoms with Gasteiger partial charge in [-0.2, -0.15) is 0 Å². The maximum absolute atomic E-state index is 12.1. The van der Waals surface area contributed by atoms with Gasteiger partial charge in [-0.25, -0.2) is 0 Å². The largest absolute Gasteiger partial charge is 0.356 e. The molecule has 1 aliphatic carbocycles. The zero-order valence-corrected chi connectivity index (χ0v) is 12.9. The van der Waals surface area contributed by atoms with Gasteiger partial charge in [0.05, 0.1) is 0 Å². The van der Waals surface area contributed by atoms with Gasteiger partial charge in [-0.15, -0.1) is 12.4 Å². The summed E-state index contributed by atoms with van der Waals surface area (Å²) in [6.45, 7) is 2.83. The molecular formula is C16H25ClN2O. The van der Waals surface area contributed by atoms with Crippen LogP contribution < -0.4 is 11.1 Å². The van der Waals surface area contributed by atoms with Crippen LogP contribution in [0, 0.1) is 12.8 Å². The van der Waals surface area contributed by atoms with Crippen molar-refractivity contribution in [1.82, 2.24) is 5.32 Å². The van der Waals surface area contributed by atoms with E-state index in [2.05, 4.69) is 24.4 Å². The zero-order chi connectivity index (χ0) is 13.7. The highest BCUT2D eigenvalue weighted by Gasteiger charge is 2.24. The van der Waals surface area contributed by atoms with Crippen molar-refractivity contribution in [3.8, 4) is 0 Å². The fourth-order valence-electron chi connectivity index (χ4n) is 2.82. The van der Waals surface area contributed by atoms with Crippen molar-refractivity contribution < 1.29 is 4.79 Å². The Hall–Kier alpha value is -1.06. The van der Waals surface area contributed by atoms with E-state index in [4.69, 9.17) is 5.73 Å². The zero-order valence-electron chi connectivity index (χ0n) is 12.1. The van der Waals surface area contributed by atoms with Crippen LogP contribution in [-0.2, 0) is 11.2 Å². The monoisotopic (exact) mass is 296 g/mol. The van der Waals surface area contributed by atoms with E-state index in [1.165, 1.54) is 11.1 Å². The van der Waals surface area contributed by atoms with Gasteiger partial charge >= 0.3 is 0 Å². The molecule has 0 bridgehead atoms. The van der Waals surface area contributed by atoms with Gasteiger partial charge < -0.3 is 11.1 Å². The Morgan fingerprint density at radius 3 is 2.80 bits per heavy atom. The number of amides is 1. The number of nitrogens with two attached hydrogens (primary N) is 1. The van der Waals surface area contributed by atoms with Crippen LogP contribution in [0.1, 0.15) is 36.8 Å². The van der Waals surface area contributed by atoms with Crippen LogP contribution in [0.5, 0.6) is 0 Å². The summed E-state index contributed by atoms with van der Waals surface area (Å²) >= 11 is 0. The third-order valence-electron chi connectivity index (χ3n) is 4.04. The minimum Gasteiger partial charge on any atom is -0.356 e. The molecule has 2 atom stereocenters. The molecule has 20 heavy (non-hydrogen) atoms. The van der Waals surface area contributed by atoms with Crippen LogP contribution in [0.15, 0.2) is 24.3 Å². The van der Waals surface area contributed by atoms with E-state index >= 15 is 0 Å². The van der Waals surface area contributed by atoms with Gasteiger partial charge in [0.2, 0.25) is 5.91 Å². The average Bonchev–Trinajstić information content (AvgIpc) is 2.41. The van der Waals surface area contributed by atoms with Gasteiger partial charge in [0.25, 0.3) is 0 Å². The molecule has 0 aliphatic heterocycles. The molecule has 0 spiro atoms. The van der Waals surface area contributed by atoms with Crippen molar-refractivity contribution in [1.29, 1.82) is 0 Å². The summed E-state index contributed by atoms with van der Waals surface area (Å²) in [5.41, 5.74) is 8.52. The molecule has 1 amide bonds.